The van der Waals surface area contributed by atoms with Gasteiger partial charge in [0.1, 0.15) is 11.5 Å². The first-order chi connectivity index (χ1) is 8.49. The molecule has 0 atom stereocenters. The lowest BCUT2D eigenvalue weighted by molar-refractivity contribution is 0.585. The molecule has 0 bridgehead atoms. The summed E-state index contributed by atoms with van der Waals surface area (Å²) in [6, 6.07) is 4.26. The number of benzene rings is 1. The SMILES string of the molecule is Cc1cnc(Nc2c(F)ccc(C)c2F)c(N)c1. The third kappa shape index (κ3) is 2.25. The van der Waals surface area contributed by atoms with Crippen LogP contribution in [0.3, 0.4) is 0 Å². The molecule has 0 radical (unpaired) electrons. The highest BCUT2D eigenvalue weighted by Crippen LogP contribution is 2.27. The van der Waals surface area contributed by atoms with Crippen molar-refractivity contribution in [3.63, 3.8) is 0 Å². The zero-order valence-corrected chi connectivity index (χ0v) is 10.1. The van der Waals surface area contributed by atoms with Crippen LogP contribution in [0.15, 0.2) is 24.4 Å². The van der Waals surface area contributed by atoms with Gasteiger partial charge in [-0.25, -0.2) is 13.8 Å². The van der Waals surface area contributed by atoms with E-state index < -0.39 is 11.6 Å². The van der Waals surface area contributed by atoms with Crippen molar-refractivity contribution in [1.29, 1.82) is 0 Å². The highest BCUT2D eigenvalue weighted by atomic mass is 19.1. The molecule has 1 aromatic carbocycles. The van der Waals surface area contributed by atoms with Crippen molar-refractivity contribution >= 4 is 17.2 Å². The predicted octanol–water partition coefficient (Wildman–Crippen LogP) is 3.30. The lowest BCUT2D eigenvalue weighted by Crippen LogP contribution is -2.04. The van der Waals surface area contributed by atoms with E-state index in [1.807, 2.05) is 6.92 Å². The first-order valence-corrected chi connectivity index (χ1v) is 5.43. The number of nitrogens with one attached hydrogen (secondary N) is 1. The number of nitrogens with two attached hydrogens (primary N) is 1. The lowest BCUT2D eigenvalue weighted by atomic mass is 10.2. The summed E-state index contributed by atoms with van der Waals surface area (Å²) in [5, 5.41) is 2.59. The van der Waals surface area contributed by atoms with Crippen LogP contribution in [0.5, 0.6) is 0 Å². The molecule has 0 aliphatic rings. The Labute approximate surface area is 104 Å². The molecule has 94 valence electrons. The molecule has 1 heterocycles. The molecule has 2 aromatic rings. The molecule has 18 heavy (non-hydrogen) atoms. The van der Waals surface area contributed by atoms with Crippen LogP contribution in [-0.2, 0) is 0 Å². The van der Waals surface area contributed by atoms with Crippen LogP contribution in [-0.4, -0.2) is 4.98 Å². The van der Waals surface area contributed by atoms with Crippen molar-refractivity contribution in [3.05, 3.63) is 47.2 Å². The topological polar surface area (TPSA) is 50.9 Å². The van der Waals surface area contributed by atoms with E-state index in [1.165, 1.54) is 12.1 Å². The maximum Gasteiger partial charge on any atom is 0.153 e. The zero-order valence-electron chi connectivity index (χ0n) is 10.1. The summed E-state index contributed by atoms with van der Waals surface area (Å²) in [4.78, 5) is 4.02. The van der Waals surface area contributed by atoms with Gasteiger partial charge in [0.25, 0.3) is 0 Å². The minimum Gasteiger partial charge on any atom is -0.396 e. The second-order valence-corrected chi connectivity index (χ2v) is 4.13. The Morgan fingerprint density at radius 2 is 1.94 bits per heavy atom. The molecule has 0 saturated heterocycles. The molecule has 0 unspecified atom stereocenters. The quantitative estimate of drug-likeness (QED) is 0.858. The van der Waals surface area contributed by atoms with Gasteiger partial charge in [-0.3, -0.25) is 0 Å². The Hall–Kier alpha value is -2.17. The van der Waals surface area contributed by atoms with Gasteiger partial charge in [0.15, 0.2) is 11.6 Å². The molecule has 0 fully saturated rings. The summed E-state index contributed by atoms with van der Waals surface area (Å²) in [7, 11) is 0. The van der Waals surface area contributed by atoms with Gasteiger partial charge in [-0.2, -0.15) is 0 Å². The summed E-state index contributed by atoms with van der Waals surface area (Å²) >= 11 is 0. The number of nitrogen functional groups attached to an aromatic ring is 1. The van der Waals surface area contributed by atoms with E-state index in [4.69, 9.17) is 5.73 Å². The molecule has 5 heteroatoms. The highest BCUT2D eigenvalue weighted by molar-refractivity contribution is 5.69. The van der Waals surface area contributed by atoms with Gasteiger partial charge in [-0.05, 0) is 37.1 Å². The molecule has 2 rings (SSSR count). The van der Waals surface area contributed by atoms with Crippen LogP contribution in [0, 0.1) is 25.5 Å². The minimum atomic E-state index is -0.681. The highest BCUT2D eigenvalue weighted by Gasteiger charge is 2.13. The Bertz CT molecular complexity index is 597. The zero-order chi connectivity index (χ0) is 13.3. The number of halogens is 2. The van der Waals surface area contributed by atoms with E-state index >= 15 is 0 Å². The van der Waals surface area contributed by atoms with Gasteiger partial charge < -0.3 is 11.1 Å². The summed E-state index contributed by atoms with van der Waals surface area (Å²) in [5.41, 5.74) is 7.07. The molecule has 0 spiro atoms. The fraction of sp³-hybridized carbons (Fsp3) is 0.154. The van der Waals surface area contributed by atoms with Gasteiger partial charge in [0.2, 0.25) is 0 Å². The van der Waals surface area contributed by atoms with Gasteiger partial charge in [0.05, 0.1) is 5.69 Å². The lowest BCUT2D eigenvalue weighted by Gasteiger charge is -2.11. The Morgan fingerprint density at radius 1 is 1.22 bits per heavy atom. The summed E-state index contributed by atoms with van der Waals surface area (Å²) < 4.78 is 27.3. The van der Waals surface area contributed by atoms with Crippen molar-refractivity contribution in [2.45, 2.75) is 13.8 Å². The smallest absolute Gasteiger partial charge is 0.153 e. The van der Waals surface area contributed by atoms with Crippen molar-refractivity contribution in [2.24, 2.45) is 0 Å². The van der Waals surface area contributed by atoms with Gasteiger partial charge in [-0.1, -0.05) is 6.07 Å². The van der Waals surface area contributed by atoms with E-state index in [0.717, 1.165) is 5.56 Å². The number of pyridine rings is 1. The average molecular weight is 249 g/mol. The van der Waals surface area contributed by atoms with Crippen molar-refractivity contribution in [2.75, 3.05) is 11.1 Å². The van der Waals surface area contributed by atoms with Crippen LogP contribution < -0.4 is 11.1 Å². The molecule has 1 aromatic heterocycles. The van der Waals surface area contributed by atoms with Crippen LogP contribution >= 0.6 is 0 Å². The van der Waals surface area contributed by atoms with Gasteiger partial charge in [-0.15, -0.1) is 0 Å². The van der Waals surface area contributed by atoms with Gasteiger partial charge >= 0.3 is 0 Å². The molecule has 0 aliphatic carbocycles. The Balaban J connectivity index is 2.43. The Kier molecular flexibility index (Phi) is 3.14. The summed E-state index contributed by atoms with van der Waals surface area (Å²) in [6.45, 7) is 3.40. The normalized spacial score (nSPS) is 10.4. The van der Waals surface area contributed by atoms with Crippen LogP contribution in [0.25, 0.3) is 0 Å². The summed E-state index contributed by atoms with van der Waals surface area (Å²) in [5.74, 6) is -1.08. The van der Waals surface area contributed by atoms with Crippen LogP contribution in [0.4, 0.5) is 26.0 Å². The second-order valence-electron chi connectivity index (χ2n) is 4.13. The number of aryl methyl sites for hydroxylation is 2. The molecule has 0 aliphatic heterocycles. The largest absolute Gasteiger partial charge is 0.396 e. The molecule has 3 N–H and O–H groups in total. The molecule has 0 saturated carbocycles. The van der Waals surface area contributed by atoms with E-state index in [9.17, 15) is 8.78 Å². The molecule has 3 nitrogen and oxygen atoms in total. The fourth-order valence-corrected chi connectivity index (χ4v) is 1.59. The van der Waals surface area contributed by atoms with E-state index in [2.05, 4.69) is 10.3 Å². The number of hydrogen-bond acceptors (Lipinski definition) is 3. The second kappa shape index (κ2) is 4.60. The number of anilines is 3. The minimum absolute atomic E-state index is 0.238. The fourth-order valence-electron chi connectivity index (χ4n) is 1.59. The third-order valence-electron chi connectivity index (χ3n) is 2.58. The Morgan fingerprint density at radius 3 is 2.61 bits per heavy atom. The van der Waals surface area contributed by atoms with Crippen molar-refractivity contribution in [3.8, 4) is 0 Å². The first kappa shape index (κ1) is 12.3. The average Bonchev–Trinajstić information content (AvgIpc) is 2.32. The maximum absolute atomic E-state index is 13.8. The van der Waals surface area contributed by atoms with Crippen molar-refractivity contribution < 1.29 is 8.78 Å². The monoisotopic (exact) mass is 249 g/mol. The van der Waals surface area contributed by atoms with Crippen LogP contribution in [0.2, 0.25) is 0 Å². The standard InChI is InChI=1S/C13H13F2N3/c1-7-5-10(16)13(17-6-7)18-12-9(14)4-3-8(2)11(12)15/h3-6H,16H2,1-2H3,(H,17,18). The van der Waals surface area contributed by atoms with E-state index in [-0.39, 0.29) is 11.5 Å². The number of nitrogens with zero attached hydrogens (tertiary/aromatic N) is 1. The van der Waals surface area contributed by atoms with Crippen LogP contribution in [0.1, 0.15) is 11.1 Å². The number of rotatable bonds is 2. The maximum atomic E-state index is 13.8. The van der Waals surface area contributed by atoms with Crippen molar-refractivity contribution in [1.82, 2.24) is 4.98 Å². The molecule has 0 amide bonds. The first-order valence-electron chi connectivity index (χ1n) is 5.43. The van der Waals surface area contributed by atoms with E-state index in [1.54, 1.807) is 19.2 Å². The molecular weight excluding hydrogens is 236 g/mol. The molecular formula is C13H13F2N3. The van der Waals surface area contributed by atoms with E-state index in [0.29, 0.717) is 11.3 Å². The van der Waals surface area contributed by atoms with Gasteiger partial charge in [0, 0.05) is 6.20 Å². The predicted molar refractivity (Wildman–Crippen MR) is 67.8 cm³/mol. The number of aromatic nitrogens is 1. The number of hydrogen-bond donors (Lipinski definition) is 2. The summed E-state index contributed by atoms with van der Waals surface area (Å²) in [6.07, 6.45) is 1.57. The third-order valence-corrected chi connectivity index (χ3v) is 2.58.